The molecule has 0 saturated carbocycles. The second-order valence-corrected chi connectivity index (χ2v) is 3.58. The number of rotatable bonds is 5. The quantitative estimate of drug-likeness (QED) is 0.760. The van der Waals surface area contributed by atoms with Crippen molar-refractivity contribution in [3.05, 3.63) is 29.6 Å². The maximum Gasteiger partial charge on any atom is 0.254 e. The van der Waals surface area contributed by atoms with Crippen LogP contribution in [-0.4, -0.2) is 32.0 Å². The Hall–Kier alpha value is -2.11. The highest BCUT2D eigenvalue weighted by atomic mass is 19.1. The molecule has 0 fully saturated rings. The van der Waals surface area contributed by atoms with Gasteiger partial charge >= 0.3 is 0 Å². The molecule has 1 aromatic carbocycles. The zero-order valence-corrected chi connectivity index (χ0v) is 10.2. The number of carbonyl (C=O) groups excluding carboxylic acids is 2. The fourth-order valence-electron chi connectivity index (χ4n) is 1.32. The first-order valence-electron chi connectivity index (χ1n) is 5.40. The Labute approximate surface area is 104 Å². The number of hydrogen-bond donors (Lipinski definition) is 2. The van der Waals surface area contributed by atoms with Gasteiger partial charge in [-0.3, -0.25) is 9.59 Å². The van der Waals surface area contributed by atoms with E-state index in [1.807, 2.05) is 0 Å². The third kappa shape index (κ3) is 4.04. The zero-order valence-electron chi connectivity index (χ0n) is 10.2. The number of benzene rings is 1. The summed E-state index contributed by atoms with van der Waals surface area (Å²) in [4.78, 5) is 22.2. The van der Waals surface area contributed by atoms with Crippen LogP contribution in [0.2, 0.25) is 0 Å². The van der Waals surface area contributed by atoms with E-state index in [0.29, 0.717) is 12.3 Å². The molecular weight excluding hydrogens is 239 g/mol. The lowest BCUT2D eigenvalue weighted by Gasteiger charge is -2.07. The molecule has 0 heterocycles. The van der Waals surface area contributed by atoms with Crippen LogP contribution >= 0.6 is 0 Å². The molecule has 0 aliphatic heterocycles. The van der Waals surface area contributed by atoms with Crippen LogP contribution in [0.4, 0.5) is 4.39 Å². The standard InChI is InChI=1S/C12H15FN2O3/c1-8(16)14-5-6-15-12(17)10-4-3-9(18-2)7-11(10)13/h3-4,7H,5-6H2,1-2H3,(H,14,16)(H,15,17). The van der Waals surface area contributed by atoms with E-state index in [4.69, 9.17) is 4.74 Å². The Morgan fingerprint density at radius 3 is 2.50 bits per heavy atom. The van der Waals surface area contributed by atoms with Crippen LogP contribution < -0.4 is 15.4 Å². The van der Waals surface area contributed by atoms with E-state index >= 15 is 0 Å². The minimum absolute atomic E-state index is 0.0568. The SMILES string of the molecule is COc1ccc(C(=O)NCCNC(C)=O)c(F)c1. The molecule has 0 aliphatic rings. The van der Waals surface area contributed by atoms with Crippen molar-refractivity contribution in [1.29, 1.82) is 0 Å². The van der Waals surface area contributed by atoms with Gasteiger partial charge in [0.05, 0.1) is 12.7 Å². The van der Waals surface area contributed by atoms with Crippen molar-refractivity contribution in [2.75, 3.05) is 20.2 Å². The Balaban J connectivity index is 2.54. The van der Waals surface area contributed by atoms with Gasteiger partial charge in [-0.05, 0) is 12.1 Å². The van der Waals surface area contributed by atoms with Crippen LogP contribution in [0, 0.1) is 5.82 Å². The molecule has 0 aromatic heterocycles. The molecule has 2 amide bonds. The summed E-state index contributed by atoms with van der Waals surface area (Å²) >= 11 is 0. The Kier molecular flexibility index (Phi) is 5.10. The van der Waals surface area contributed by atoms with Crippen LogP contribution in [0.15, 0.2) is 18.2 Å². The number of halogens is 1. The molecule has 0 radical (unpaired) electrons. The number of methoxy groups -OCH3 is 1. The summed E-state index contributed by atoms with van der Waals surface area (Å²) in [5, 5.41) is 5.02. The van der Waals surface area contributed by atoms with Crippen molar-refractivity contribution in [3.8, 4) is 5.75 Å². The molecule has 6 heteroatoms. The normalized spacial score (nSPS) is 9.72. The van der Waals surface area contributed by atoms with Crippen LogP contribution in [0.5, 0.6) is 5.75 Å². The van der Waals surface area contributed by atoms with Crippen molar-refractivity contribution >= 4 is 11.8 Å². The molecule has 1 rings (SSSR count). The second kappa shape index (κ2) is 6.58. The van der Waals surface area contributed by atoms with Gasteiger partial charge in [-0.25, -0.2) is 4.39 Å². The molecule has 18 heavy (non-hydrogen) atoms. The summed E-state index contributed by atoms with van der Waals surface area (Å²) in [7, 11) is 1.42. The molecule has 0 saturated heterocycles. The largest absolute Gasteiger partial charge is 0.497 e. The van der Waals surface area contributed by atoms with Crippen molar-refractivity contribution in [1.82, 2.24) is 10.6 Å². The average molecular weight is 254 g/mol. The molecule has 98 valence electrons. The van der Waals surface area contributed by atoms with Crippen molar-refractivity contribution < 1.29 is 18.7 Å². The summed E-state index contributed by atoms with van der Waals surface area (Å²) in [5.74, 6) is -1.01. The minimum Gasteiger partial charge on any atom is -0.497 e. The van der Waals surface area contributed by atoms with Crippen molar-refractivity contribution in [2.24, 2.45) is 0 Å². The van der Waals surface area contributed by atoms with E-state index in [9.17, 15) is 14.0 Å². The maximum atomic E-state index is 13.5. The number of ether oxygens (including phenoxy) is 1. The number of carbonyl (C=O) groups is 2. The summed E-state index contributed by atoms with van der Waals surface area (Å²) in [5.41, 5.74) is -0.0568. The molecule has 2 N–H and O–H groups in total. The van der Waals surface area contributed by atoms with Crippen LogP contribution in [0.1, 0.15) is 17.3 Å². The van der Waals surface area contributed by atoms with E-state index < -0.39 is 11.7 Å². The molecule has 0 spiro atoms. The van der Waals surface area contributed by atoms with Gasteiger partial charge in [0.15, 0.2) is 0 Å². The van der Waals surface area contributed by atoms with Crippen LogP contribution in [-0.2, 0) is 4.79 Å². The summed E-state index contributed by atoms with van der Waals surface area (Å²) in [6.07, 6.45) is 0. The van der Waals surface area contributed by atoms with E-state index in [0.717, 1.165) is 6.07 Å². The number of hydrogen-bond acceptors (Lipinski definition) is 3. The first kappa shape index (κ1) is 14.0. The Morgan fingerprint density at radius 1 is 1.28 bits per heavy atom. The molecule has 5 nitrogen and oxygen atoms in total. The maximum absolute atomic E-state index is 13.5. The molecule has 1 aromatic rings. The third-order valence-corrected chi connectivity index (χ3v) is 2.21. The van der Waals surface area contributed by atoms with Crippen LogP contribution in [0.25, 0.3) is 0 Å². The van der Waals surface area contributed by atoms with Crippen molar-refractivity contribution in [3.63, 3.8) is 0 Å². The van der Waals surface area contributed by atoms with Crippen LogP contribution in [0.3, 0.4) is 0 Å². The third-order valence-electron chi connectivity index (χ3n) is 2.21. The van der Waals surface area contributed by atoms with Gasteiger partial charge in [0.2, 0.25) is 5.91 Å². The highest BCUT2D eigenvalue weighted by molar-refractivity contribution is 5.94. The molecule has 0 bridgehead atoms. The van der Waals surface area contributed by atoms with Gasteiger partial charge in [-0.2, -0.15) is 0 Å². The lowest BCUT2D eigenvalue weighted by atomic mass is 10.2. The topological polar surface area (TPSA) is 67.4 Å². The average Bonchev–Trinajstić information content (AvgIpc) is 2.33. The van der Waals surface area contributed by atoms with E-state index in [1.165, 1.54) is 26.2 Å². The predicted octanol–water partition coefficient (Wildman–Crippen LogP) is 0.700. The first-order chi connectivity index (χ1) is 8.54. The lowest BCUT2D eigenvalue weighted by Crippen LogP contribution is -2.34. The fraction of sp³-hybridized carbons (Fsp3) is 0.333. The predicted molar refractivity (Wildman–Crippen MR) is 64.0 cm³/mol. The second-order valence-electron chi connectivity index (χ2n) is 3.58. The number of nitrogens with one attached hydrogen (secondary N) is 2. The van der Waals surface area contributed by atoms with Gasteiger partial charge < -0.3 is 15.4 Å². The van der Waals surface area contributed by atoms with Gasteiger partial charge in [0.1, 0.15) is 11.6 Å². The van der Waals surface area contributed by atoms with Gasteiger partial charge in [-0.15, -0.1) is 0 Å². The summed E-state index contributed by atoms with van der Waals surface area (Å²) < 4.78 is 18.3. The first-order valence-corrected chi connectivity index (χ1v) is 5.40. The molecule has 0 aliphatic carbocycles. The monoisotopic (exact) mass is 254 g/mol. The number of amides is 2. The van der Waals surface area contributed by atoms with E-state index in [2.05, 4.69) is 10.6 Å². The summed E-state index contributed by atoms with van der Waals surface area (Å²) in [6, 6.07) is 4.00. The van der Waals surface area contributed by atoms with Gasteiger partial charge in [0.25, 0.3) is 5.91 Å². The zero-order chi connectivity index (χ0) is 13.5. The lowest BCUT2D eigenvalue weighted by molar-refractivity contribution is -0.118. The molecule has 0 atom stereocenters. The Morgan fingerprint density at radius 2 is 1.94 bits per heavy atom. The smallest absolute Gasteiger partial charge is 0.254 e. The fourth-order valence-corrected chi connectivity index (χ4v) is 1.32. The summed E-state index contributed by atoms with van der Waals surface area (Å²) in [6.45, 7) is 1.92. The van der Waals surface area contributed by atoms with Gasteiger partial charge in [0, 0.05) is 26.1 Å². The van der Waals surface area contributed by atoms with Gasteiger partial charge in [-0.1, -0.05) is 0 Å². The minimum atomic E-state index is -0.647. The van der Waals surface area contributed by atoms with E-state index in [-0.39, 0.29) is 18.0 Å². The highest BCUT2D eigenvalue weighted by Gasteiger charge is 2.11. The van der Waals surface area contributed by atoms with E-state index in [1.54, 1.807) is 0 Å². The Bertz CT molecular complexity index is 449. The molecular formula is C12H15FN2O3. The molecule has 0 unspecified atom stereocenters. The van der Waals surface area contributed by atoms with Crippen molar-refractivity contribution in [2.45, 2.75) is 6.92 Å². The highest BCUT2D eigenvalue weighted by Crippen LogP contribution is 2.15.